The summed E-state index contributed by atoms with van der Waals surface area (Å²) in [6.07, 6.45) is 0. The van der Waals surface area contributed by atoms with E-state index in [4.69, 9.17) is 0 Å². The zero-order chi connectivity index (χ0) is 15.3. The van der Waals surface area contributed by atoms with Gasteiger partial charge in [-0.3, -0.25) is 9.59 Å². The van der Waals surface area contributed by atoms with Crippen LogP contribution < -0.4 is 0 Å². The molecule has 0 aromatic heterocycles. The lowest BCUT2D eigenvalue weighted by Crippen LogP contribution is -2.42. The molecule has 0 saturated carbocycles. The predicted molar refractivity (Wildman–Crippen MR) is 81.0 cm³/mol. The van der Waals surface area contributed by atoms with Crippen LogP contribution in [0.15, 0.2) is 28.7 Å². The van der Waals surface area contributed by atoms with Crippen LogP contribution in [0.5, 0.6) is 0 Å². The molecule has 0 saturated heterocycles. The van der Waals surface area contributed by atoms with Crippen LogP contribution in [0.2, 0.25) is 0 Å². The molecule has 0 atom stereocenters. The minimum Gasteiger partial charge on any atom is -0.468 e. The summed E-state index contributed by atoms with van der Waals surface area (Å²) >= 11 is 3.45. The fourth-order valence-electron chi connectivity index (χ4n) is 1.73. The maximum absolute atomic E-state index is 12.4. The molecule has 0 spiro atoms. The summed E-state index contributed by atoms with van der Waals surface area (Å²) in [7, 11) is 1.32. The third kappa shape index (κ3) is 4.63. The summed E-state index contributed by atoms with van der Waals surface area (Å²) in [6, 6.07) is 7.64. The van der Waals surface area contributed by atoms with Gasteiger partial charge in [0, 0.05) is 16.4 Å². The summed E-state index contributed by atoms with van der Waals surface area (Å²) in [5.41, 5.74) is 0.406. The molecule has 0 radical (unpaired) electrons. The highest BCUT2D eigenvalue weighted by Crippen LogP contribution is 2.22. The van der Waals surface area contributed by atoms with E-state index < -0.39 is 11.4 Å². The van der Waals surface area contributed by atoms with Gasteiger partial charge in [-0.2, -0.15) is 0 Å². The number of benzene rings is 1. The van der Waals surface area contributed by atoms with Crippen molar-refractivity contribution in [2.75, 3.05) is 13.7 Å². The molecule has 0 aliphatic rings. The molecule has 0 bridgehead atoms. The van der Waals surface area contributed by atoms with E-state index in [0.717, 1.165) is 10.0 Å². The average molecular weight is 342 g/mol. The maximum Gasteiger partial charge on any atom is 0.325 e. The number of ether oxygens (including phenoxy) is 1. The molecule has 0 unspecified atom stereocenters. The largest absolute Gasteiger partial charge is 0.468 e. The maximum atomic E-state index is 12.4. The number of rotatable bonds is 4. The third-order valence-electron chi connectivity index (χ3n) is 2.80. The summed E-state index contributed by atoms with van der Waals surface area (Å²) in [5, 5.41) is 0. The Morgan fingerprint density at radius 1 is 1.25 bits per heavy atom. The van der Waals surface area contributed by atoms with Crippen molar-refractivity contribution in [3.05, 3.63) is 34.3 Å². The third-order valence-corrected chi connectivity index (χ3v) is 3.57. The van der Waals surface area contributed by atoms with Crippen LogP contribution in [0.4, 0.5) is 0 Å². The molecule has 0 fully saturated rings. The molecule has 0 aliphatic heterocycles. The molecule has 20 heavy (non-hydrogen) atoms. The van der Waals surface area contributed by atoms with Crippen molar-refractivity contribution < 1.29 is 14.3 Å². The highest BCUT2D eigenvalue weighted by atomic mass is 79.9. The van der Waals surface area contributed by atoms with Crippen molar-refractivity contribution in [2.24, 2.45) is 5.41 Å². The quantitative estimate of drug-likeness (QED) is 0.791. The van der Waals surface area contributed by atoms with E-state index in [1.165, 1.54) is 12.0 Å². The molecule has 0 heterocycles. The lowest BCUT2D eigenvalue weighted by Gasteiger charge is -2.29. The Morgan fingerprint density at radius 3 is 2.35 bits per heavy atom. The van der Waals surface area contributed by atoms with Gasteiger partial charge in [-0.1, -0.05) is 54.9 Å². The number of esters is 1. The Morgan fingerprint density at radius 2 is 1.85 bits per heavy atom. The number of carbonyl (C=O) groups is 2. The number of carbonyl (C=O) groups excluding carboxylic acids is 2. The van der Waals surface area contributed by atoms with Gasteiger partial charge >= 0.3 is 5.97 Å². The van der Waals surface area contributed by atoms with Crippen molar-refractivity contribution >= 4 is 27.8 Å². The van der Waals surface area contributed by atoms with Crippen LogP contribution in [-0.4, -0.2) is 30.4 Å². The van der Waals surface area contributed by atoms with Gasteiger partial charge in [0.25, 0.3) is 0 Å². The number of nitrogens with zero attached hydrogens (tertiary/aromatic N) is 1. The fraction of sp³-hybridized carbons (Fsp3) is 0.467. The number of amides is 1. The zero-order valence-electron chi connectivity index (χ0n) is 12.3. The van der Waals surface area contributed by atoms with Crippen molar-refractivity contribution in [1.29, 1.82) is 0 Å². The molecule has 110 valence electrons. The standard InChI is InChI=1S/C15H20BrNO3/c1-15(2,3)14(19)17(10-13(18)20-4)9-11-7-5-6-8-12(11)16/h5-8H,9-10H2,1-4H3. The van der Waals surface area contributed by atoms with Gasteiger partial charge in [-0.25, -0.2) is 0 Å². The predicted octanol–water partition coefficient (Wildman–Crippen LogP) is 3.00. The Hall–Kier alpha value is -1.36. The first-order chi connectivity index (χ1) is 9.25. The van der Waals surface area contributed by atoms with Crippen LogP contribution in [0.1, 0.15) is 26.3 Å². The summed E-state index contributed by atoms with van der Waals surface area (Å²) < 4.78 is 5.58. The van der Waals surface area contributed by atoms with E-state index in [2.05, 4.69) is 20.7 Å². The van der Waals surface area contributed by atoms with Gasteiger partial charge in [0.05, 0.1) is 7.11 Å². The second-order valence-corrected chi connectivity index (χ2v) is 6.43. The fourth-order valence-corrected chi connectivity index (χ4v) is 2.14. The van der Waals surface area contributed by atoms with Gasteiger partial charge in [0.15, 0.2) is 0 Å². The molecule has 0 N–H and O–H groups in total. The summed E-state index contributed by atoms with van der Waals surface area (Å²) in [6.45, 7) is 5.82. The molecule has 5 heteroatoms. The Bertz CT molecular complexity index is 494. The minimum absolute atomic E-state index is 0.0477. The second kappa shape index (κ2) is 6.88. The first kappa shape index (κ1) is 16.7. The smallest absolute Gasteiger partial charge is 0.325 e. The van der Waals surface area contributed by atoms with E-state index in [-0.39, 0.29) is 12.5 Å². The molecule has 1 aromatic carbocycles. The Labute approximate surface area is 128 Å². The number of hydrogen-bond donors (Lipinski definition) is 0. The Kier molecular flexibility index (Phi) is 5.74. The molecule has 1 aromatic rings. The topological polar surface area (TPSA) is 46.6 Å². The molecular weight excluding hydrogens is 322 g/mol. The van der Waals surface area contributed by atoms with Gasteiger partial charge < -0.3 is 9.64 Å². The van der Waals surface area contributed by atoms with Crippen LogP contribution >= 0.6 is 15.9 Å². The zero-order valence-corrected chi connectivity index (χ0v) is 13.9. The number of methoxy groups -OCH3 is 1. The van der Waals surface area contributed by atoms with Crippen molar-refractivity contribution in [3.8, 4) is 0 Å². The normalized spacial score (nSPS) is 11.1. The SMILES string of the molecule is COC(=O)CN(Cc1ccccc1Br)C(=O)C(C)(C)C. The molecular formula is C15H20BrNO3. The van der Waals surface area contributed by atoms with E-state index in [9.17, 15) is 9.59 Å². The number of halogens is 1. The minimum atomic E-state index is -0.546. The molecule has 1 amide bonds. The van der Waals surface area contributed by atoms with Crippen LogP contribution in [-0.2, 0) is 20.9 Å². The Balaban J connectivity index is 2.97. The second-order valence-electron chi connectivity index (χ2n) is 5.58. The van der Waals surface area contributed by atoms with Crippen molar-refractivity contribution in [3.63, 3.8) is 0 Å². The van der Waals surface area contributed by atoms with Crippen molar-refractivity contribution in [1.82, 2.24) is 4.90 Å². The monoisotopic (exact) mass is 341 g/mol. The van der Waals surface area contributed by atoms with Crippen LogP contribution in [0, 0.1) is 5.41 Å². The lowest BCUT2D eigenvalue weighted by molar-refractivity contribution is -0.150. The van der Waals surface area contributed by atoms with Gasteiger partial charge in [0.1, 0.15) is 6.54 Å². The first-order valence-electron chi connectivity index (χ1n) is 6.35. The highest BCUT2D eigenvalue weighted by molar-refractivity contribution is 9.10. The first-order valence-corrected chi connectivity index (χ1v) is 7.14. The van der Waals surface area contributed by atoms with E-state index in [0.29, 0.717) is 6.54 Å². The highest BCUT2D eigenvalue weighted by Gasteiger charge is 2.29. The van der Waals surface area contributed by atoms with Gasteiger partial charge in [-0.05, 0) is 11.6 Å². The molecule has 4 nitrogen and oxygen atoms in total. The van der Waals surface area contributed by atoms with E-state index in [1.807, 2.05) is 45.0 Å². The molecule has 0 aliphatic carbocycles. The van der Waals surface area contributed by atoms with Crippen LogP contribution in [0.25, 0.3) is 0 Å². The van der Waals surface area contributed by atoms with E-state index in [1.54, 1.807) is 0 Å². The average Bonchev–Trinajstić information content (AvgIpc) is 2.38. The van der Waals surface area contributed by atoms with Crippen molar-refractivity contribution in [2.45, 2.75) is 27.3 Å². The van der Waals surface area contributed by atoms with Crippen LogP contribution in [0.3, 0.4) is 0 Å². The summed E-state index contributed by atoms with van der Waals surface area (Å²) in [5.74, 6) is -0.506. The van der Waals surface area contributed by atoms with Gasteiger partial charge in [-0.15, -0.1) is 0 Å². The van der Waals surface area contributed by atoms with Gasteiger partial charge in [0.2, 0.25) is 5.91 Å². The molecule has 1 rings (SSSR count). The van der Waals surface area contributed by atoms with E-state index >= 15 is 0 Å². The number of hydrogen-bond acceptors (Lipinski definition) is 3. The summed E-state index contributed by atoms with van der Waals surface area (Å²) in [4.78, 5) is 25.5. The lowest BCUT2D eigenvalue weighted by atomic mass is 9.94.